The minimum Gasteiger partial charge on any atom is -0.309 e. The van der Waals surface area contributed by atoms with Gasteiger partial charge in [-0.25, -0.2) is 0 Å². The molecule has 0 aliphatic carbocycles. The highest BCUT2D eigenvalue weighted by Crippen LogP contribution is 2.29. The van der Waals surface area contributed by atoms with Crippen LogP contribution in [0, 0.1) is 6.92 Å². The molecule has 0 bridgehead atoms. The molecule has 2 N–H and O–H groups in total. The SMILES string of the molecule is Cc1c(Cl)cccc1-c1cc([C@@H]2CCCN2)[nH]n1. The van der Waals surface area contributed by atoms with Crippen LogP contribution < -0.4 is 5.32 Å². The first-order chi connectivity index (χ1) is 8.75. The van der Waals surface area contributed by atoms with E-state index in [1.54, 1.807) is 0 Å². The summed E-state index contributed by atoms with van der Waals surface area (Å²) >= 11 is 6.15. The van der Waals surface area contributed by atoms with E-state index in [1.807, 2.05) is 19.1 Å². The van der Waals surface area contributed by atoms with Crippen LogP contribution in [-0.4, -0.2) is 16.7 Å². The zero-order chi connectivity index (χ0) is 12.5. The number of hydrogen-bond acceptors (Lipinski definition) is 2. The molecule has 1 aromatic carbocycles. The second kappa shape index (κ2) is 4.75. The molecule has 3 nitrogen and oxygen atoms in total. The van der Waals surface area contributed by atoms with Crippen molar-refractivity contribution in [2.24, 2.45) is 0 Å². The van der Waals surface area contributed by atoms with Gasteiger partial charge in [-0.05, 0) is 44.0 Å². The van der Waals surface area contributed by atoms with Gasteiger partial charge in [0.2, 0.25) is 0 Å². The fourth-order valence-corrected chi connectivity index (χ4v) is 2.66. The molecule has 3 rings (SSSR count). The van der Waals surface area contributed by atoms with Gasteiger partial charge in [0, 0.05) is 16.6 Å². The minimum atomic E-state index is 0.422. The lowest BCUT2D eigenvalue weighted by Gasteiger charge is -2.06. The third-order valence-electron chi connectivity index (χ3n) is 3.58. The van der Waals surface area contributed by atoms with Gasteiger partial charge in [-0.3, -0.25) is 5.10 Å². The van der Waals surface area contributed by atoms with E-state index in [9.17, 15) is 0 Å². The number of hydrogen-bond donors (Lipinski definition) is 2. The lowest BCUT2D eigenvalue weighted by molar-refractivity contribution is 0.625. The van der Waals surface area contributed by atoms with Crippen molar-refractivity contribution in [3.63, 3.8) is 0 Å². The van der Waals surface area contributed by atoms with Crippen LogP contribution in [0.4, 0.5) is 0 Å². The molecular weight excluding hydrogens is 246 g/mol. The average molecular weight is 262 g/mol. The highest BCUT2D eigenvalue weighted by Gasteiger charge is 2.19. The topological polar surface area (TPSA) is 40.7 Å². The van der Waals surface area contributed by atoms with E-state index < -0.39 is 0 Å². The van der Waals surface area contributed by atoms with E-state index in [1.165, 1.54) is 18.5 Å². The number of aromatic nitrogens is 2. The Kier molecular flexibility index (Phi) is 3.10. The minimum absolute atomic E-state index is 0.422. The standard InChI is InChI=1S/C14H16ClN3/c1-9-10(4-2-5-11(9)15)13-8-14(18-17-13)12-6-3-7-16-12/h2,4-5,8,12,16H,3,6-7H2,1H3,(H,17,18)/t12-/m0/s1. The van der Waals surface area contributed by atoms with Gasteiger partial charge in [0.05, 0.1) is 11.4 Å². The number of aromatic amines is 1. The van der Waals surface area contributed by atoms with Crippen molar-refractivity contribution in [3.8, 4) is 11.3 Å². The second-order valence-electron chi connectivity index (χ2n) is 4.77. The van der Waals surface area contributed by atoms with Crippen LogP contribution >= 0.6 is 11.6 Å². The molecule has 1 aromatic heterocycles. The molecule has 0 radical (unpaired) electrons. The van der Waals surface area contributed by atoms with Gasteiger partial charge in [0.25, 0.3) is 0 Å². The normalized spacial score (nSPS) is 19.3. The molecular formula is C14H16ClN3. The Bertz CT molecular complexity index is 556. The van der Waals surface area contributed by atoms with Gasteiger partial charge < -0.3 is 5.32 Å². The Morgan fingerprint density at radius 2 is 2.28 bits per heavy atom. The summed E-state index contributed by atoms with van der Waals surface area (Å²) < 4.78 is 0. The predicted octanol–water partition coefficient (Wildman–Crippen LogP) is 3.46. The Labute approximate surface area is 112 Å². The van der Waals surface area contributed by atoms with Crippen LogP contribution in [-0.2, 0) is 0 Å². The van der Waals surface area contributed by atoms with Crippen molar-refractivity contribution in [1.82, 2.24) is 15.5 Å². The first kappa shape index (κ1) is 11.8. The van der Waals surface area contributed by atoms with Crippen LogP contribution in [0.2, 0.25) is 5.02 Å². The maximum atomic E-state index is 6.15. The summed E-state index contributed by atoms with van der Waals surface area (Å²) in [5, 5.41) is 11.8. The van der Waals surface area contributed by atoms with E-state index >= 15 is 0 Å². The van der Waals surface area contributed by atoms with E-state index in [0.717, 1.165) is 28.4 Å². The lowest BCUT2D eigenvalue weighted by Crippen LogP contribution is -2.12. The summed E-state index contributed by atoms with van der Waals surface area (Å²) in [5.74, 6) is 0. The van der Waals surface area contributed by atoms with Crippen LogP contribution in [0.15, 0.2) is 24.3 Å². The van der Waals surface area contributed by atoms with Crippen molar-refractivity contribution in [2.75, 3.05) is 6.54 Å². The summed E-state index contributed by atoms with van der Waals surface area (Å²) in [7, 11) is 0. The largest absolute Gasteiger partial charge is 0.309 e. The number of H-pyrrole nitrogens is 1. The molecule has 0 spiro atoms. The van der Waals surface area contributed by atoms with Crippen LogP contribution in [0.5, 0.6) is 0 Å². The second-order valence-corrected chi connectivity index (χ2v) is 5.18. The Balaban J connectivity index is 1.95. The molecule has 2 aromatic rings. The zero-order valence-electron chi connectivity index (χ0n) is 10.3. The number of halogens is 1. The summed E-state index contributed by atoms with van der Waals surface area (Å²) in [6, 6.07) is 8.48. The van der Waals surface area contributed by atoms with Crippen LogP contribution in [0.1, 0.15) is 30.1 Å². The van der Waals surface area contributed by atoms with Crippen molar-refractivity contribution in [3.05, 3.63) is 40.5 Å². The fraction of sp³-hybridized carbons (Fsp3) is 0.357. The van der Waals surface area contributed by atoms with Gasteiger partial charge in [-0.1, -0.05) is 23.7 Å². The zero-order valence-corrected chi connectivity index (χ0v) is 11.1. The van der Waals surface area contributed by atoms with Gasteiger partial charge >= 0.3 is 0 Å². The summed E-state index contributed by atoms with van der Waals surface area (Å²) in [5.41, 5.74) is 4.32. The molecule has 18 heavy (non-hydrogen) atoms. The lowest BCUT2D eigenvalue weighted by atomic mass is 10.0. The van der Waals surface area contributed by atoms with Crippen molar-refractivity contribution < 1.29 is 0 Å². The fourth-order valence-electron chi connectivity index (χ4n) is 2.49. The highest BCUT2D eigenvalue weighted by atomic mass is 35.5. The molecule has 94 valence electrons. The van der Waals surface area contributed by atoms with Crippen LogP contribution in [0.3, 0.4) is 0 Å². The quantitative estimate of drug-likeness (QED) is 0.869. The number of benzene rings is 1. The van der Waals surface area contributed by atoms with Crippen molar-refractivity contribution in [2.45, 2.75) is 25.8 Å². The molecule has 2 heterocycles. The monoisotopic (exact) mass is 261 g/mol. The van der Waals surface area contributed by atoms with Gasteiger partial charge in [0.15, 0.2) is 0 Å². The number of rotatable bonds is 2. The van der Waals surface area contributed by atoms with E-state index in [0.29, 0.717) is 6.04 Å². The maximum absolute atomic E-state index is 6.15. The third-order valence-corrected chi connectivity index (χ3v) is 3.99. The summed E-state index contributed by atoms with van der Waals surface area (Å²) in [4.78, 5) is 0. The first-order valence-electron chi connectivity index (χ1n) is 6.30. The molecule has 1 aliphatic heterocycles. The molecule has 0 unspecified atom stereocenters. The Hall–Kier alpha value is -1.32. The average Bonchev–Trinajstić information content (AvgIpc) is 3.01. The molecule has 0 amide bonds. The summed E-state index contributed by atoms with van der Waals surface area (Å²) in [6.45, 7) is 3.12. The van der Waals surface area contributed by atoms with E-state index in [2.05, 4.69) is 27.6 Å². The van der Waals surface area contributed by atoms with Crippen LogP contribution in [0.25, 0.3) is 11.3 Å². The van der Waals surface area contributed by atoms with Gasteiger partial charge in [-0.2, -0.15) is 5.10 Å². The van der Waals surface area contributed by atoms with Crippen molar-refractivity contribution in [1.29, 1.82) is 0 Å². The van der Waals surface area contributed by atoms with Gasteiger partial charge in [-0.15, -0.1) is 0 Å². The predicted molar refractivity (Wildman–Crippen MR) is 73.7 cm³/mol. The van der Waals surface area contributed by atoms with E-state index in [-0.39, 0.29) is 0 Å². The molecule has 4 heteroatoms. The van der Waals surface area contributed by atoms with Crippen molar-refractivity contribution >= 4 is 11.6 Å². The smallest absolute Gasteiger partial charge is 0.0927 e. The number of nitrogens with one attached hydrogen (secondary N) is 2. The molecule has 0 saturated carbocycles. The molecule has 1 atom stereocenters. The van der Waals surface area contributed by atoms with E-state index in [4.69, 9.17) is 11.6 Å². The molecule has 1 saturated heterocycles. The Morgan fingerprint density at radius 3 is 3.06 bits per heavy atom. The molecule has 1 fully saturated rings. The van der Waals surface area contributed by atoms with Gasteiger partial charge in [0.1, 0.15) is 0 Å². The number of nitrogens with zero attached hydrogens (tertiary/aromatic N) is 1. The third kappa shape index (κ3) is 2.04. The highest BCUT2D eigenvalue weighted by molar-refractivity contribution is 6.31. The Morgan fingerprint density at radius 1 is 1.39 bits per heavy atom. The first-order valence-corrected chi connectivity index (χ1v) is 6.67. The maximum Gasteiger partial charge on any atom is 0.0927 e. The summed E-state index contributed by atoms with van der Waals surface area (Å²) in [6.07, 6.45) is 2.41. The molecule has 1 aliphatic rings.